The second-order valence-electron chi connectivity index (χ2n) is 5.43. The van der Waals surface area contributed by atoms with Crippen LogP contribution in [0, 0.1) is 0 Å². The predicted molar refractivity (Wildman–Crippen MR) is 76.1 cm³/mol. The highest BCUT2D eigenvalue weighted by Gasteiger charge is 2.23. The molecule has 2 aromatic rings. The van der Waals surface area contributed by atoms with Crippen LogP contribution in [0.1, 0.15) is 25.5 Å². The molecule has 1 N–H and O–H groups in total. The maximum Gasteiger partial charge on any atom is 0.154 e. The van der Waals surface area contributed by atoms with E-state index in [1.54, 1.807) is 6.20 Å². The van der Waals surface area contributed by atoms with Crippen molar-refractivity contribution >= 4 is 11.3 Å². The van der Waals surface area contributed by atoms with Gasteiger partial charge in [0.15, 0.2) is 5.82 Å². The normalized spacial score (nSPS) is 20.0. The van der Waals surface area contributed by atoms with Gasteiger partial charge in [-0.1, -0.05) is 13.8 Å². The summed E-state index contributed by atoms with van der Waals surface area (Å²) in [4.78, 5) is 6.66. The van der Waals surface area contributed by atoms with E-state index in [2.05, 4.69) is 34.9 Å². The molecule has 1 fully saturated rings. The van der Waals surface area contributed by atoms with Crippen molar-refractivity contribution in [2.75, 3.05) is 31.2 Å². The van der Waals surface area contributed by atoms with Gasteiger partial charge in [-0.25, -0.2) is 9.50 Å². The zero-order chi connectivity index (χ0) is 14.1. The van der Waals surface area contributed by atoms with E-state index < -0.39 is 0 Å². The fourth-order valence-corrected chi connectivity index (χ4v) is 2.48. The van der Waals surface area contributed by atoms with Crippen molar-refractivity contribution in [3.05, 3.63) is 24.2 Å². The van der Waals surface area contributed by atoms with Crippen LogP contribution in [0.4, 0.5) is 5.82 Å². The molecule has 3 heterocycles. The third kappa shape index (κ3) is 2.36. The number of aliphatic hydroxyl groups is 1. The first-order valence-corrected chi connectivity index (χ1v) is 7.00. The zero-order valence-electron chi connectivity index (χ0n) is 11.9. The Kier molecular flexibility index (Phi) is 3.58. The number of hydrogen-bond acceptors (Lipinski definition) is 5. The third-order valence-electron chi connectivity index (χ3n) is 3.62. The summed E-state index contributed by atoms with van der Waals surface area (Å²) < 4.78 is 7.37. The highest BCUT2D eigenvalue weighted by molar-refractivity contribution is 5.69. The molecule has 0 spiro atoms. The topological polar surface area (TPSA) is 62.9 Å². The molecule has 20 heavy (non-hydrogen) atoms. The summed E-state index contributed by atoms with van der Waals surface area (Å²) in [5.41, 5.74) is 2.07. The van der Waals surface area contributed by atoms with Gasteiger partial charge >= 0.3 is 0 Å². The second-order valence-corrected chi connectivity index (χ2v) is 5.43. The van der Waals surface area contributed by atoms with Gasteiger partial charge in [0.05, 0.1) is 25.0 Å². The Hall–Kier alpha value is -1.66. The van der Waals surface area contributed by atoms with Gasteiger partial charge in [-0.2, -0.15) is 5.10 Å². The third-order valence-corrected chi connectivity index (χ3v) is 3.62. The Morgan fingerprint density at radius 1 is 1.50 bits per heavy atom. The molecule has 1 unspecified atom stereocenters. The van der Waals surface area contributed by atoms with Gasteiger partial charge < -0.3 is 14.7 Å². The highest BCUT2D eigenvalue weighted by atomic mass is 16.5. The second kappa shape index (κ2) is 5.38. The Labute approximate surface area is 118 Å². The van der Waals surface area contributed by atoms with E-state index in [1.165, 1.54) is 0 Å². The number of fused-ring (bicyclic) bond motifs is 1. The molecule has 108 valence electrons. The summed E-state index contributed by atoms with van der Waals surface area (Å²) in [6.07, 6.45) is 3.50. The number of anilines is 1. The fourth-order valence-electron chi connectivity index (χ4n) is 2.48. The molecule has 0 aromatic carbocycles. The average Bonchev–Trinajstić information content (AvgIpc) is 2.91. The molecule has 6 heteroatoms. The van der Waals surface area contributed by atoms with Gasteiger partial charge in [-0.15, -0.1) is 0 Å². The van der Waals surface area contributed by atoms with Crippen molar-refractivity contribution in [1.82, 2.24) is 14.6 Å². The molecule has 0 radical (unpaired) electrons. The van der Waals surface area contributed by atoms with Crippen molar-refractivity contribution in [3.63, 3.8) is 0 Å². The lowest BCUT2D eigenvalue weighted by Crippen LogP contribution is -2.44. The number of aromatic nitrogens is 3. The number of hydrogen-bond donors (Lipinski definition) is 1. The van der Waals surface area contributed by atoms with Crippen LogP contribution in [-0.2, 0) is 4.74 Å². The van der Waals surface area contributed by atoms with Gasteiger partial charge in [-0.05, 0) is 12.0 Å². The first-order chi connectivity index (χ1) is 9.69. The maximum absolute atomic E-state index is 9.26. The lowest BCUT2D eigenvalue weighted by molar-refractivity contribution is 0.00342. The maximum atomic E-state index is 9.26. The van der Waals surface area contributed by atoms with Gasteiger partial charge in [0.2, 0.25) is 0 Å². The monoisotopic (exact) mass is 276 g/mol. The smallest absolute Gasteiger partial charge is 0.154 e. The van der Waals surface area contributed by atoms with Crippen LogP contribution in [0.2, 0.25) is 0 Å². The van der Waals surface area contributed by atoms with Crippen molar-refractivity contribution in [1.29, 1.82) is 0 Å². The molecule has 1 atom stereocenters. The molecule has 3 rings (SSSR count). The summed E-state index contributed by atoms with van der Waals surface area (Å²) >= 11 is 0. The summed E-state index contributed by atoms with van der Waals surface area (Å²) in [6.45, 7) is 6.35. The summed E-state index contributed by atoms with van der Waals surface area (Å²) in [7, 11) is 0. The molecule has 0 aliphatic carbocycles. The van der Waals surface area contributed by atoms with E-state index in [4.69, 9.17) is 4.74 Å². The van der Waals surface area contributed by atoms with Crippen LogP contribution >= 0.6 is 0 Å². The Bertz CT molecular complexity index is 596. The van der Waals surface area contributed by atoms with E-state index in [9.17, 15) is 5.11 Å². The van der Waals surface area contributed by atoms with Crippen molar-refractivity contribution < 1.29 is 9.84 Å². The largest absolute Gasteiger partial charge is 0.394 e. The van der Waals surface area contributed by atoms with Crippen molar-refractivity contribution in [2.45, 2.75) is 25.9 Å². The number of nitrogens with zero attached hydrogens (tertiary/aromatic N) is 4. The van der Waals surface area contributed by atoms with Crippen LogP contribution in [0.15, 0.2) is 18.5 Å². The molecule has 6 nitrogen and oxygen atoms in total. The summed E-state index contributed by atoms with van der Waals surface area (Å²) in [6, 6.07) is 2.09. The summed E-state index contributed by atoms with van der Waals surface area (Å²) in [5.74, 6) is 1.30. The fraction of sp³-hybridized carbons (Fsp3) is 0.571. The summed E-state index contributed by atoms with van der Waals surface area (Å²) in [5, 5.41) is 13.8. The molecule has 1 saturated heterocycles. The van der Waals surface area contributed by atoms with Crippen molar-refractivity contribution in [2.24, 2.45) is 0 Å². The lowest BCUT2D eigenvalue weighted by Gasteiger charge is -2.33. The number of aliphatic hydroxyl groups excluding tert-OH is 1. The van der Waals surface area contributed by atoms with Gasteiger partial charge in [0.1, 0.15) is 5.52 Å². The quantitative estimate of drug-likeness (QED) is 0.908. The molecule has 0 bridgehead atoms. The minimum atomic E-state index is -0.140. The molecule has 1 aliphatic heterocycles. The van der Waals surface area contributed by atoms with E-state index in [-0.39, 0.29) is 12.7 Å². The van der Waals surface area contributed by atoms with Gasteiger partial charge in [0, 0.05) is 25.5 Å². The van der Waals surface area contributed by atoms with Gasteiger partial charge in [0.25, 0.3) is 0 Å². The minimum absolute atomic E-state index is 0.0378. The van der Waals surface area contributed by atoms with E-state index in [0.29, 0.717) is 19.1 Å². The van der Waals surface area contributed by atoms with Crippen LogP contribution in [0.25, 0.3) is 5.52 Å². The highest BCUT2D eigenvalue weighted by Crippen LogP contribution is 2.24. The standard InChI is InChI=1S/C14H20N4O2/c1-10(2)12-7-13-14(15-3-4-18(13)16-12)17-5-6-20-11(8-17)9-19/h3-4,7,10-11,19H,5-6,8-9H2,1-2H3. The number of rotatable bonds is 3. The Balaban J connectivity index is 1.98. The van der Waals surface area contributed by atoms with Crippen LogP contribution in [0.3, 0.4) is 0 Å². The molecule has 1 aliphatic rings. The average molecular weight is 276 g/mol. The van der Waals surface area contributed by atoms with Crippen LogP contribution in [0.5, 0.6) is 0 Å². The van der Waals surface area contributed by atoms with Crippen LogP contribution < -0.4 is 4.90 Å². The van der Waals surface area contributed by atoms with E-state index in [0.717, 1.165) is 23.6 Å². The molecular formula is C14H20N4O2. The number of ether oxygens (including phenoxy) is 1. The van der Waals surface area contributed by atoms with Crippen molar-refractivity contribution in [3.8, 4) is 0 Å². The Morgan fingerprint density at radius 3 is 3.10 bits per heavy atom. The zero-order valence-corrected chi connectivity index (χ0v) is 11.9. The number of morpholine rings is 1. The predicted octanol–water partition coefficient (Wildman–Crippen LogP) is 1.05. The van der Waals surface area contributed by atoms with E-state index >= 15 is 0 Å². The Morgan fingerprint density at radius 2 is 2.35 bits per heavy atom. The minimum Gasteiger partial charge on any atom is -0.394 e. The molecular weight excluding hydrogens is 256 g/mol. The molecule has 0 amide bonds. The lowest BCUT2D eigenvalue weighted by atomic mass is 10.1. The van der Waals surface area contributed by atoms with Gasteiger partial charge in [-0.3, -0.25) is 0 Å². The molecule has 2 aromatic heterocycles. The first-order valence-electron chi connectivity index (χ1n) is 7.00. The SMILES string of the molecule is CC(C)c1cc2c(N3CCOC(CO)C3)nccn2n1. The van der Waals surface area contributed by atoms with Crippen LogP contribution in [-0.4, -0.2) is 52.1 Å². The molecule has 0 saturated carbocycles. The first kappa shape index (κ1) is 13.3. The van der Waals surface area contributed by atoms with E-state index in [1.807, 2.05) is 10.7 Å².